The number of rotatable bonds is 9. The first-order chi connectivity index (χ1) is 7.17. The summed E-state index contributed by atoms with van der Waals surface area (Å²) in [7, 11) is 1.67. The van der Waals surface area contributed by atoms with Gasteiger partial charge in [-0.1, -0.05) is 27.2 Å². The Morgan fingerprint density at radius 2 is 1.87 bits per heavy atom. The van der Waals surface area contributed by atoms with Crippen molar-refractivity contribution in [1.82, 2.24) is 5.32 Å². The summed E-state index contributed by atoms with van der Waals surface area (Å²) in [5.74, 6) is 0.740. The van der Waals surface area contributed by atoms with Gasteiger partial charge in [0.1, 0.15) is 0 Å². The van der Waals surface area contributed by atoms with Crippen LogP contribution in [0.5, 0.6) is 0 Å². The van der Waals surface area contributed by atoms with E-state index < -0.39 is 0 Å². The third kappa shape index (κ3) is 6.88. The molecule has 0 aliphatic carbocycles. The molecule has 0 rings (SSSR count). The second-order valence-corrected chi connectivity index (χ2v) is 4.36. The Hall–Kier alpha value is -0.120. The van der Waals surface area contributed by atoms with Crippen LogP contribution in [0.2, 0.25) is 0 Å². The summed E-state index contributed by atoms with van der Waals surface area (Å²) in [5.41, 5.74) is 0. The van der Waals surface area contributed by atoms with Gasteiger partial charge < -0.3 is 15.2 Å². The summed E-state index contributed by atoms with van der Waals surface area (Å²) >= 11 is 0. The predicted molar refractivity (Wildman–Crippen MR) is 64.0 cm³/mol. The van der Waals surface area contributed by atoms with E-state index in [9.17, 15) is 0 Å². The quantitative estimate of drug-likeness (QED) is 0.619. The van der Waals surface area contributed by atoms with Crippen molar-refractivity contribution in [2.75, 3.05) is 20.3 Å². The van der Waals surface area contributed by atoms with Crippen LogP contribution in [0.1, 0.15) is 40.0 Å². The third-order valence-electron chi connectivity index (χ3n) is 2.94. The highest BCUT2D eigenvalue weighted by atomic mass is 16.5. The van der Waals surface area contributed by atoms with Gasteiger partial charge in [-0.3, -0.25) is 0 Å². The van der Waals surface area contributed by atoms with Crippen molar-refractivity contribution in [3.05, 3.63) is 0 Å². The molecule has 3 unspecified atom stereocenters. The van der Waals surface area contributed by atoms with Gasteiger partial charge in [0.2, 0.25) is 0 Å². The molecule has 0 aromatic carbocycles. The molecule has 0 amide bonds. The van der Waals surface area contributed by atoms with Crippen LogP contribution in [-0.2, 0) is 4.74 Å². The molecule has 0 bridgehead atoms. The Balaban J connectivity index is 3.94. The highest BCUT2D eigenvalue weighted by Crippen LogP contribution is 2.12. The van der Waals surface area contributed by atoms with Crippen LogP contribution in [0.15, 0.2) is 0 Å². The molecular formula is C12H27NO2. The third-order valence-corrected chi connectivity index (χ3v) is 2.94. The minimum atomic E-state index is 0.0732. The molecule has 0 saturated carbocycles. The molecule has 0 fully saturated rings. The lowest BCUT2D eigenvalue weighted by Gasteiger charge is -2.25. The summed E-state index contributed by atoms with van der Waals surface area (Å²) in [6, 6.07) is 0.566. The van der Waals surface area contributed by atoms with Gasteiger partial charge in [0, 0.05) is 13.2 Å². The molecule has 0 aromatic heterocycles. The van der Waals surface area contributed by atoms with E-state index in [1.165, 1.54) is 12.8 Å². The molecule has 0 aliphatic rings. The zero-order valence-corrected chi connectivity index (χ0v) is 10.6. The van der Waals surface area contributed by atoms with Gasteiger partial charge in [0.15, 0.2) is 0 Å². The van der Waals surface area contributed by atoms with Crippen LogP contribution in [0.4, 0.5) is 0 Å². The molecule has 0 spiro atoms. The average Bonchev–Trinajstić information content (AvgIpc) is 2.26. The lowest BCUT2D eigenvalue weighted by molar-refractivity contribution is 0.119. The minimum Gasteiger partial charge on any atom is -0.395 e. The molecule has 2 N–H and O–H groups in total. The maximum Gasteiger partial charge on any atom is 0.0638 e. The summed E-state index contributed by atoms with van der Waals surface area (Å²) < 4.78 is 5.05. The highest BCUT2D eigenvalue weighted by Gasteiger charge is 2.15. The molecule has 0 saturated heterocycles. The number of ether oxygens (including phenoxy) is 1. The Bertz CT molecular complexity index is 142. The smallest absolute Gasteiger partial charge is 0.0638 e. The van der Waals surface area contributed by atoms with E-state index in [2.05, 4.69) is 26.1 Å². The fourth-order valence-corrected chi connectivity index (χ4v) is 1.69. The van der Waals surface area contributed by atoms with Crippen molar-refractivity contribution in [1.29, 1.82) is 0 Å². The van der Waals surface area contributed by atoms with Gasteiger partial charge in [-0.2, -0.15) is 0 Å². The summed E-state index contributed by atoms with van der Waals surface area (Å²) in [4.78, 5) is 0. The van der Waals surface area contributed by atoms with E-state index in [-0.39, 0.29) is 12.6 Å². The van der Waals surface area contributed by atoms with Gasteiger partial charge in [0.25, 0.3) is 0 Å². The van der Waals surface area contributed by atoms with Crippen LogP contribution >= 0.6 is 0 Å². The molecule has 15 heavy (non-hydrogen) atoms. The number of nitrogens with one attached hydrogen (secondary N) is 1. The minimum absolute atomic E-state index is 0.0732. The van der Waals surface area contributed by atoms with Crippen molar-refractivity contribution in [2.24, 2.45) is 5.92 Å². The van der Waals surface area contributed by atoms with Crippen LogP contribution in [-0.4, -0.2) is 37.5 Å². The van der Waals surface area contributed by atoms with Gasteiger partial charge in [-0.05, 0) is 18.8 Å². The molecule has 0 aliphatic heterocycles. The summed E-state index contributed by atoms with van der Waals surface area (Å²) in [6.45, 7) is 7.39. The first-order valence-electron chi connectivity index (χ1n) is 6.03. The van der Waals surface area contributed by atoms with Crippen LogP contribution in [0.3, 0.4) is 0 Å². The first kappa shape index (κ1) is 14.9. The van der Waals surface area contributed by atoms with Crippen molar-refractivity contribution in [3.63, 3.8) is 0 Å². The van der Waals surface area contributed by atoms with Gasteiger partial charge in [0.05, 0.1) is 19.3 Å². The maximum atomic E-state index is 9.15. The lowest BCUT2D eigenvalue weighted by Crippen LogP contribution is -2.43. The largest absolute Gasteiger partial charge is 0.395 e. The van der Waals surface area contributed by atoms with Crippen LogP contribution < -0.4 is 5.32 Å². The van der Waals surface area contributed by atoms with E-state index in [1.54, 1.807) is 7.11 Å². The molecule has 3 atom stereocenters. The number of hydrogen-bond acceptors (Lipinski definition) is 3. The van der Waals surface area contributed by atoms with E-state index >= 15 is 0 Å². The van der Waals surface area contributed by atoms with Crippen molar-refractivity contribution < 1.29 is 9.84 Å². The fourth-order valence-electron chi connectivity index (χ4n) is 1.69. The normalized spacial score (nSPS) is 17.4. The van der Waals surface area contributed by atoms with Crippen molar-refractivity contribution in [2.45, 2.75) is 52.1 Å². The van der Waals surface area contributed by atoms with E-state index in [1.807, 2.05) is 0 Å². The molecule has 0 aromatic rings. The highest BCUT2D eigenvalue weighted by molar-refractivity contribution is 4.74. The van der Waals surface area contributed by atoms with Gasteiger partial charge >= 0.3 is 0 Å². The second kappa shape index (κ2) is 9.13. The molecular weight excluding hydrogens is 190 g/mol. The Labute approximate surface area is 94.2 Å². The number of aliphatic hydroxyl groups excluding tert-OH is 1. The standard InChI is InChI=1S/C12H27NO2/c1-5-10(3)7-11(6-2)13-12(8-14)9-15-4/h10-14H,5-9H2,1-4H3. The van der Waals surface area contributed by atoms with E-state index in [0.717, 1.165) is 12.3 Å². The Kier molecular flexibility index (Phi) is 9.06. The first-order valence-corrected chi connectivity index (χ1v) is 6.03. The number of hydrogen-bond donors (Lipinski definition) is 2. The van der Waals surface area contributed by atoms with E-state index in [0.29, 0.717) is 12.6 Å². The van der Waals surface area contributed by atoms with Gasteiger partial charge in [-0.15, -0.1) is 0 Å². The SMILES string of the molecule is CCC(C)CC(CC)NC(CO)COC. The predicted octanol–water partition coefficient (Wildman–Crippen LogP) is 1.80. The molecule has 92 valence electrons. The number of aliphatic hydroxyl groups is 1. The Morgan fingerprint density at radius 3 is 2.27 bits per heavy atom. The van der Waals surface area contributed by atoms with Crippen LogP contribution in [0, 0.1) is 5.92 Å². The fraction of sp³-hybridized carbons (Fsp3) is 1.00. The van der Waals surface area contributed by atoms with Gasteiger partial charge in [-0.25, -0.2) is 0 Å². The Morgan fingerprint density at radius 1 is 1.20 bits per heavy atom. The maximum absolute atomic E-state index is 9.15. The topological polar surface area (TPSA) is 41.5 Å². The van der Waals surface area contributed by atoms with Crippen molar-refractivity contribution in [3.8, 4) is 0 Å². The van der Waals surface area contributed by atoms with Crippen LogP contribution in [0.25, 0.3) is 0 Å². The molecule has 3 nitrogen and oxygen atoms in total. The second-order valence-electron chi connectivity index (χ2n) is 4.36. The number of methoxy groups -OCH3 is 1. The zero-order chi connectivity index (χ0) is 11.7. The van der Waals surface area contributed by atoms with Crippen molar-refractivity contribution >= 4 is 0 Å². The monoisotopic (exact) mass is 217 g/mol. The summed E-state index contributed by atoms with van der Waals surface area (Å²) in [5, 5.41) is 12.6. The van der Waals surface area contributed by atoms with E-state index in [4.69, 9.17) is 9.84 Å². The molecule has 3 heteroatoms. The molecule has 0 heterocycles. The summed E-state index contributed by atoms with van der Waals surface area (Å²) in [6.07, 6.45) is 3.49. The zero-order valence-electron chi connectivity index (χ0n) is 10.6. The lowest BCUT2D eigenvalue weighted by atomic mass is 9.97. The molecule has 0 radical (unpaired) electrons. The average molecular weight is 217 g/mol.